The lowest BCUT2D eigenvalue weighted by Gasteiger charge is -2.13. The second kappa shape index (κ2) is 6.02. The Hall–Kier alpha value is -3.20. The molecular formula is C22H16NO2. The van der Waals surface area contributed by atoms with Crippen LogP contribution in [-0.4, -0.2) is 4.92 Å². The third-order valence-corrected chi connectivity index (χ3v) is 4.59. The van der Waals surface area contributed by atoms with Gasteiger partial charge in [0.15, 0.2) is 0 Å². The lowest BCUT2D eigenvalue weighted by molar-refractivity contribution is -0.384. The van der Waals surface area contributed by atoms with Crippen LogP contribution >= 0.6 is 0 Å². The van der Waals surface area contributed by atoms with Gasteiger partial charge >= 0.3 is 0 Å². The summed E-state index contributed by atoms with van der Waals surface area (Å²) in [5.74, 6) is 0. The van der Waals surface area contributed by atoms with Gasteiger partial charge in [-0.25, -0.2) is 0 Å². The highest BCUT2D eigenvalue weighted by molar-refractivity contribution is 6.13. The molecule has 4 aromatic carbocycles. The van der Waals surface area contributed by atoms with Crippen LogP contribution in [0, 0.1) is 16.5 Å². The SMILES string of the molecule is C[CH]c1ccc([N+](=O)[O-])c(-c2c3ccccc3cc3ccccc23)c1. The van der Waals surface area contributed by atoms with E-state index >= 15 is 0 Å². The molecule has 0 unspecified atom stereocenters. The summed E-state index contributed by atoms with van der Waals surface area (Å²) in [7, 11) is 0. The van der Waals surface area contributed by atoms with E-state index in [1.54, 1.807) is 12.1 Å². The minimum Gasteiger partial charge on any atom is -0.258 e. The van der Waals surface area contributed by atoms with Crippen molar-refractivity contribution in [2.45, 2.75) is 6.92 Å². The summed E-state index contributed by atoms with van der Waals surface area (Å²) in [6, 6.07) is 23.5. The van der Waals surface area contributed by atoms with Crippen molar-refractivity contribution in [1.82, 2.24) is 0 Å². The number of nitro groups is 1. The molecule has 0 saturated carbocycles. The van der Waals surface area contributed by atoms with Gasteiger partial charge in [-0.3, -0.25) is 10.1 Å². The second-order valence-corrected chi connectivity index (χ2v) is 6.02. The summed E-state index contributed by atoms with van der Waals surface area (Å²) in [5, 5.41) is 15.9. The Morgan fingerprint density at radius 2 is 1.44 bits per heavy atom. The molecule has 4 aromatic rings. The molecular weight excluding hydrogens is 310 g/mol. The first kappa shape index (κ1) is 15.3. The van der Waals surface area contributed by atoms with Gasteiger partial charge in [-0.05, 0) is 45.7 Å². The van der Waals surface area contributed by atoms with Crippen LogP contribution in [0.1, 0.15) is 12.5 Å². The first-order valence-electron chi connectivity index (χ1n) is 8.17. The average Bonchev–Trinajstić information content (AvgIpc) is 2.65. The molecule has 0 aliphatic heterocycles. The van der Waals surface area contributed by atoms with Crippen molar-refractivity contribution < 1.29 is 4.92 Å². The monoisotopic (exact) mass is 326 g/mol. The van der Waals surface area contributed by atoms with E-state index in [4.69, 9.17) is 0 Å². The molecule has 0 amide bonds. The first-order valence-corrected chi connectivity index (χ1v) is 8.17. The summed E-state index contributed by atoms with van der Waals surface area (Å²) in [4.78, 5) is 11.4. The van der Waals surface area contributed by atoms with Crippen molar-refractivity contribution in [3.63, 3.8) is 0 Å². The smallest absolute Gasteiger partial charge is 0.258 e. The molecule has 0 spiro atoms. The largest absolute Gasteiger partial charge is 0.277 e. The van der Waals surface area contributed by atoms with Crippen LogP contribution in [0.2, 0.25) is 0 Å². The van der Waals surface area contributed by atoms with Crippen LogP contribution in [-0.2, 0) is 0 Å². The van der Waals surface area contributed by atoms with Crippen LogP contribution in [0.15, 0.2) is 72.8 Å². The Morgan fingerprint density at radius 3 is 2.00 bits per heavy atom. The summed E-state index contributed by atoms with van der Waals surface area (Å²) in [6.45, 7) is 1.94. The van der Waals surface area contributed by atoms with E-state index in [9.17, 15) is 10.1 Å². The molecule has 0 aliphatic rings. The maximum absolute atomic E-state index is 11.7. The molecule has 0 atom stereocenters. The fourth-order valence-corrected chi connectivity index (χ4v) is 3.40. The van der Waals surface area contributed by atoms with Gasteiger partial charge in [-0.2, -0.15) is 0 Å². The van der Waals surface area contributed by atoms with Gasteiger partial charge in [0, 0.05) is 11.6 Å². The quantitative estimate of drug-likeness (QED) is 0.258. The lowest BCUT2D eigenvalue weighted by atomic mass is 9.90. The van der Waals surface area contributed by atoms with Gasteiger partial charge in [0.2, 0.25) is 0 Å². The van der Waals surface area contributed by atoms with E-state index in [2.05, 4.69) is 6.07 Å². The first-order chi connectivity index (χ1) is 12.2. The number of nitro benzene ring substituents is 1. The molecule has 1 radical (unpaired) electrons. The summed E-state index contributed by atoms with van der Waals surface area (Å²) >= 11 is 0. The van der Waals surface area contributed by atoms with E-state index in [-0.39, 0.29) is 10.6 Å². The zero-order valence-corrected chi connectivity index (χ0v) is 13.8. The third-order valence-electron chi connectivity index (χ3n) is 4.59. The van der Waals surface area contributed by atoms with Crippen LogP contribution in [0.4, 0.5) is 5.69 Å². The number of hydrogen-bond donors (Lipinski definition) is 0. The van der Waals surface area contributed by atoms with Crippen molar-refractivity contribution in [2.24, 2.45) is 0 Å². The van der Waals surface area contributed by atoms with Crippen molar-refractivity contribution in [3.05, 3.63) is 94.9 Å². The van der Waals surface area contributed by atoms with Crippen molar-refractivity contribution >= 4 is 27.2 Å². The van der Waals surface area contributed by atoms with E-state index in [0.717, 1.165) is 32.7 Å². The molecule has 0 heterocycles. The topological polar surface area (TPSA) is 43.1 Å². The Kier molecular flexibility index (Phi) is 3.69. The highest BCUT2D eigenvalue weighted by atomic mass is 16.6. The zero-order valence-electron chi connectivity index (χ0n) is 13.8. The number of rotatable bonds is 3. The van der Waals surface area contributed by atoms with Crippen LogP contribution < -0.4 is 0 Å². The van der Waals surface area contributed by atoms with Gasteiger partial charge in [0.1, 0.15) is 0 Å². The lowest BCUT2D eigenvalue weighted by Crippen LogP contribution is -1.95. The fourth-order valence-electron chi connectivity index (χ4n) is 3.40. The molecule has 0 saturated heterocycles. The predicted octanol–water partition coefficient (Wildman–Crippen LogP) is 6.14. The number of nitrogens with zero attached hydrogens (tertiary/aromatic N) is 1. The number of benzene rings is 4. The van der Waals surface area contributed by atoms with E-state index in [0.29, 0.717) is 5.56 Å². The molecule has 0 bridgehead atoms. The van der Waals surface area contributed by atoms with Gasteiger partial charge < -0.3 is 0 Å². The Bertz CT molecular complexity index is 1060. The minimum absolute atomic E-state index is 0.132. The Balaban J connectivity index is 2.21. The van der Waals surface area contributed by atoms with Gasteiger partial charge in [0.05, 0.1) is 10.5 Å². The van der Waals surface area contributed by atoms with Crippen molar-refractivity contribution in [3.8, 4) is 11.1 Å². The molecule has 25 heavy (non-hydrogen) atoms. The highest BCUT2D eigenvalue weighted by Crippen LogP contribution is 2.40. The maximum Gasteiger partial charge on any atom is 0.277 e. The van der Waals surface area contributed by atoms with Crippen molar-refractivity contribution in [2.75, 3.05) is 0 Å². The summed E-state index contributed by atoms with van der Waals surface area (Å²) in [5.41, 5.74) is 2.68. The van der Waals surface area contributed by atoms with Crippen LogP contribution in [0.5, 0.6) is 0 Å². The zero-order chi connectivity index (χ0) is 17.4. The second-order valence-electron chi connectivity index (χ2n) is 6.02. The molecule has 3 nitrogen and oxygen atoms in total. The molecule has 0 aliphatic carbocycles. The minimum atomic E-state index is -0.300. The van der Waals surface area contributed by atoms with Crippen molar-refractivity contribution in [1.29, 1.82) is 0 Å². The molecule has 3 heteroatoms. The Morgan fingerprint density at radius 1 is 0.840 bits per heavy atom. The standard InChI is InChI=1S/C22H16NO2/c1-2-15-11-12-21(23(24)25)20(13-15)22-18-9-5-3-7-16(18)14-17-8-4-6-10-19(17)22/h2-14H,1H3. The fraction of sp³-hybridized carbons (Fsp3) is 0.0455. The molecule has 0 N–H and O–H groups in total. The molecule has 4 rings (SSSR count). The average molecular weight is 326 g/mol. The number of fused-ring (bicyclic) bond motifs is 2. The van der Waals surface area contributed by atoms with Crippen LogP contribution in [0.3, 0.4) is 0 Å². The van der Waals surface area contributed by atoms with E-state index < -0.39 is 0 Å². The van der Waals surface area contributed by atoms with E-state index in [1.165, 1.54) is 0 Å². The van der Waals surface area contributed by atoms with Gasteiger partial charge in [-0.1, -0.05) is 61.5 Å². The molecule has 0 aromatic heterocycles. The highest BCUT2D eigenvalue weighted by Gasteiger charge is 2.20. The normalized spacial score (nSPS) is 11.1. The summed E-state index contributed by atoms with van der Waals surface area (Å²) < 4.78 is 0. The van der Waals surface area contributed by atoms with Crippen LogP contribution in [0.25, 0.3) is 32.7 Å². The van der Waals surface area contributed by atoms with Gasteiger partial charge in [-0.15, -0.1) is 0 Å². The van der Waals surface area contributed by atoms with Gasteiger partial charge in [0.25, 0.3) is 5.69 Å². The Labute approximate surface area is 145 Å². The molecule has 121 valence electrons. The van der Waals surface area contributed by atoms with E-state index in [1.807, 2.05) is 67.9 Å². The maximum atomic E-state index is 11.7. The number of hydrogen-bond acceptors (Lipinski definition) is 2. The molecule has 0 fully saturated rings. The third kappa shape index (κ3) is 2.54. The summed E-state index contributed by atoms with van der Waals surface area (Å²) in [6.07, 6.45) is 1.96. The predicted molar refractivity (Wildman–Crippen MR) is 103 cm³/mol.